The Hall–Kier alpha value is -1.38. The zero-order valence-corrected chi connectivity index (χ0v) is 18.2. The largest absolute Gasteiger partial charge is 0.355 e. The average Bonchev–Trinajstić information content (AvgIpc) is 2.68. The van der Waals surface area contributed by atoms with Crippen LogP contribution in [-0.2, 0) is 10.0 Å². The fourth-order valence-electron chi connectivity index (χ4n) is 4.19. The summed E-state index contributed by atoms with van der Waals surface area (Å²) in [5.41, 5.74) is 0.528. The molecule has 2 aliphatic heterocycles. The number of amides is 1. The fourth-order valence-corrected chi connectivity index (χ4v) is 5.70. The van der Waals surface area contributed by atoms with Gasteiger partial charge >= 0.3 is 0 Å². The van der Waals surface area contributed by atoms with Crippen LogP contribution in [0.2, 0.25) is 5.02 Å². The fraction of sp³-hybridized carbons (Fsp3) is 0.684. The lowest BCUT2D eigenvalue weighted by Crippen LogP contribution is -2.47. The normalized spacial score (nSPS) is 19.3. The molecule has 3 heterocycles. The third-order valence-corrected chi connectivity index (χ3v) is 7.31. The van der Waals surface area contributed by atoms with Crippen molar-refractivity contribution in [3.05, 3.63) is 22.8 Å². The number of pyridine rings is 1. The van der Waals surface area contributed by atoms with Gasteiger partial charge in [-0.1, -0.05) is 18.5 Å². The van der Waals surface area contributed by atoms with Gasteiger partial charge in [0.1, 0.15) is 5.82 Å². The van der Waals surface area contributed by atoms with Gasteiger partial charge < -0.3 is 9.80 Å². The first kappa shape index (κ1) is 21.3. The number of sulfonamides is 1. The highest BCUT2D eigenvalue weighted by Crippen LogP contribution is 2.29. The van der Waals surface area contributed by atoms with Crippen molar-refractivity contribution in [1.82, 2.24) is 14.2 Å². The van der Waals surface area contributed by atoms with Gasteiger partial charge in [0.15, 0.2) is 0 Å². The molecule has 2 saturated heterocycles. The number of halogens is 1. The molecule has 0 N–H and O–H groups in total. The van der Waals surface area contributed by atoms with E-state index in [0.29, 0.717) is 36.0 Å². The van der Waals surface area contributed by atoms with Crippen LogP contribution in [0, 0.1) is 0 Å². The molecule has 156 valence electrons. The summed E-state index contributed by atoms with van der Waals surface area (Å²) in [7, 11) is -3.20. The van der Waals surface area contributed by atoms with Crippen LogP contribution in [-0.4, -0.2) is 73.5 Å². The smallest absolute Gasteiger partial charge is 0.255 e. The number of carbonyl (C=O) groups is 1. The lowest BCUT2D eigenvalue weighted by molar-refractivity contribution is 0.0724. The Bertz CT molecular complexity index is 803. The summed E-state index contributed by atoms with van der Waals surface area (Å²) in [5.74, 6) is 0.656. The van der Waals surface area contributed by atoms with Gasteiger partial charge in [-0.25, -0.2) is 13.4 Å². The molecule has 2 aliphatic rings. The van der Waals surface area contributed by atoms with E-state index in [9.17, 15) is 13.2 Å². The molecule has 1 amide bonds. The SMILES string of the molecule is CCN(C1CCN(c2ncc(C(=O)N3CCCCC3)cc2Cl)CC1)S(C)(=O)=O. The maximum Gasteiger partial charge on any atom is 0.255 e. The predicted octanol–water partition coefficient (Wildman–Crippen LogP) is 2.61. The van der Waals surface area contributed by atoms with E-state index in [1.807, 2.05) is 11.8 Å². The molecule has 0 bridgehead atoms. The molecule has 1 aromatic heterocycles. The summed E-state index contributed by atoms with van der Waals surface area (Å²) < 4.78 is 25.5. The van der Waals surface area contributed by atoms with Crippen molar-refractivity contribution in [3.63, 3.8) is 0 Å². The minimum absolute atomic E-state index is 0.00824. The summed E-state index contributed by atoms with van der Waals surface area (Å²) in [6.07, 6.45) is 7.59. The van der Waals surface area contributed by atoms with Gasteiger partial charge in [0.2, 0.25) is 10.0 Å². The van der Waals surface area contributed by atoms with Crippen molar-refractivity contribution in [3.8, 4) is 0 Å². The van der Waals surface area contributed by atoms with E-state index >= 15 is 0 Å². The van der Waals surface area contributed by atoms with Gasteiger partial charge in [-0.2, -0.15) is 4.31 Å². The zero-order valence-electron chi connectivity index (χ0n) is 16.6. The van der Waals surface area contributed by atoms with Gasteiger partial charge in [0.25, 0.3) is 5.91 Å². The van der Waals surface area contributed by atoms with E-state index in [1.54, 1.807) is 16.6 Å². The number of aromatic nitrogens is 1. The summed E-state index contributed by atoms with van der Waals surface area (Å²) in [5, 5.41) is 0.469. The average molecular weight is 429 g/mol. The minimum atomic E-state index is -3.20. The summed E-state index contributed by atoms with van der Waals surface area (Å²) in [6.45, 7) is 5.30. The molecule has 1 aromatic rings. The second-order valence-electron chi connectivity index (χ2n) is 7.57. The van der Waals surface area contributed by atoms with Crippen LogP contribution >= 0.6 is 11.6 Å². The van der Waals surface area contributed by atoms with Crippen molar-refractivity contribution in [2.24, 2.45) is 0 Å². The highest BCUT2D eigenvalue weighted by Gasteiger charge is 2.30. The van der Waals surface area contributed by atoms with Gasteiger partial charge in [-0.3, -0.25) is 4.79 Å². The number of carbonyl (C=O) groups excluding carboxylic acids is 1. The molecule has 28 heavy (non-hydrogen) atoms. The molecule has 0 spiro atoms. The van der Waals surface area contributed by atoms with Crippen molar-refractivity contribution < 1.29 is 13.2 Å². The summed E-state index contributed by atoms with van der Waals surface area (Å²) >= 11 is 6.46. The lowest BCUT2D eigenvalue weighted by atomic mass is 10.0. The van der Waals surface area contributed by atoms with Crippen LogP contribution in [0.15, 0.2) is 12.3 Å². The predicted molar refractivity (Wildman–Crippen MR) is 111 cm³/mol. The maximum atomic E-state index is 12.6. The number of rotatable bonds is 5. The van der Waals surface area contributed by atoms with Crippen LogP contribution in [0.4, 0.5) is 5.82 Å². The van der Waals surface area contributed by atoms with E-state index in [4.69, 9.17) is 11.6 Å². The molecule has 0 radical (unpaired) electrons. The standard InChI is InChI=1S/C19H29ClN4O3S/c1-3-24(28(2,26)27)16-7-11-22(12-8-16)18-17(20)13-15(14-21-18)19(25)23-9-5-4-6-10-23/h13-14,16H,3-12H2,1-2H3. The quantitative estimate of drug-likeness (QED) is 0.720. The lowest BCUT2D eigenvalue weighted by Gasteiger charge is -2.37. The third kappa shape index (κ3) is 4.78. The first-order chi connectivity index (χ1) is 13.3. The summed E-state index contributed by atoms with van der Waals surface area (Å²) in [6, 6.07) is 1.72. The highest BCUT2D eigenvalue weighted by molar-refractivity contribution is 7.88. The number of piperidine rings is 2. The Morgan fingerprint density at radius 2 is 1.86 bits per heavy atom. The number of hydrogen-bond donors (Lipinski definition) is 0. The first-order valence-corrected chi connectivity index (χ1v) is 12.2. The Kier molecular flexibility index (Phi) is 6.83. The van der Waals surface area contributed by atoms with Crippen LogP contribution in [0.3, 0.4) is 0 Å². The number of nitrogens with zero attached hydrogens (tertiary/aromatic N) is 4. The van der Waals surface area contributed by atoms with Crippen LogP contribution in [0.5, 0.6) is 0 Å². The Balaban J connectivity index is 1.66. The van der Waals surface area contributed by atoms with Gasteiger partial charge in [0, 0.05) is 45.0 Å². The van der Waals surface area contributed by atoms with E-state index in [1.165, 1.54) is 12.7 Å². The second kappa shape index (κ2) is 8.97. The van der Waals surface area contributed by atoms with Crippen LogP contribution < -0.4 is 4.90 Å². The van der Waals surface area contributed by atoms with Crippen LogP contribution in [0.25, 0.3) is 0 Å². The van der Waals surface area contributed by atoms with E-state index < -0.39 is 10.0 Å². The molecule has 0 atom stereocenters. The van der Waals surface area contributed by atoms with Gasteiger partial charge in [-0.15, -0.1) is 0 Å². The second-order valence-corrected chi connectivity index (χ2v) is 9.91. The molecular formula is C19H29ClN4O3S. The van der Waals surface area contributed by atoms with Gasteiger partial charge in [0.05, 0.1) is 16.8 Å². The maximum absolute atomic E-state index is 12.6. The van der Waals surface area contributed by atoms with E-state index in [2.05, 4.69) is 9.88 Å². The molecule has 0 unspecified atom stereocenters. The van der Waals surface area contributed by atoms with Crippen molar-refractivity contribution >= 4 is 33.3 Å². The number of likely N-dealkylation sites (tertiary alicyclic amines) is 1. The zero-order chi connectivity index (χ0) is 20.3. The molecule has 2 fully saturated rings. The van der Waals surface area contributed by atoms with Crippen LogP contribution in [0.1, 0.15) is 49.4 Å². The Morgan fingerprint density at radius 3 is 2.39 bits per heavy atom. The molecule has 3 rings (SSSR count). The van der Waals surface area contributed by atoms with Gasteiger partial charge in [-0.05, 0) is 38.2 Å². The first-order valence-electron chi connectivity index (χ1n) is 9.98. The molecule has 7 nitrogen and oxygen atoms in total. The molecule has 0 saturated carbocycles. The number of anilines is 1. The van der Waals surface area contributed by atoms with E-state index in [-0.39, 0.29) is 11.9 Å². The highest BCUT2D eigenvalue weighted by atomic mass is 35.5. The molecule has 0 aliphatic carbocycles. The summed E-state index contributed by atoms with van der Waals surface area (Å²) in [4.78, 5) is 21.0. The molecular weight excluding hydrogens is 400 g/mol. The topological polar surface area (TPSA) is 73.8 Å². The van der Waals surface area contributed by atoms with Crippen molar-refractivity contribution in [1.29, 1.82) is 0 Å². The van der Waals surface area contributed by atoms with Crippen molar-refractivity contribution in [2.45, 2.75) is 45.1 Å². The van der Waals surface area contributed by atoms with Crippen molar-refractivity contribution in [2.75, 3.05) is 43.9 Å². The third-order valence-electron chi connectivity index (χ3n) is 5.62. The Morgan fingerprint density at radius 1 is 1.21 bits per heavy atom. The van der Waals surface area contributed by atoms with E-state index in [0.717, 1.165) is 38.8 Å². The molecule has 0 aromatic carbocycles. The number of hydrogen-bond acceptors (Lipinski definition) is 5. The minimum Gasteiger partial charge on any atom is -0.355 e. The Labute approximate surface area is 172 Å². The molecule has 9 heteroatoms. The monoisotopic (exact) mass is 428 g/mol.